The Bertz CT molecular complexity index is 492. The first-order valence-corrected chi connectivity index (χ1v) is 5.73. The molecule has 0 saturated carbocycles. The van der Waals surface area contributed by atoms with Crippen LogP contribution in [0.5, 0.6) is 0 Å². The highest BCUT2D eigenvalue weighted by Crippen LogP contribution is 2.27. The van der Waals surface area contributed by atoms with E-state index < -0.39 is 0 Å². The number of aldehydes is 1. The minimum atomic E-state index is -0.331. The molecule has 5 heteroatoms. The predicted octanol–water partition coefficient (Wildman–Crippen LogP) is 3.52. The van der Waals surface area contributed by atoms with E-state index in [2.05, 4.69) is 20.9 Å². The maximum atomic E-state index is 13.1. The van der Waals surface area contributed by atoms with Crippen molar-refractivity contribution in [3.63, 3.8) is 0 Å². The van der Waals surface area contributed by atoms with Gasteiger partial charge in [-0.05, 0) is 18.2 Å². The van der Waals surface area contributed by atoms with Crippen LogP contribution in [0.25, 0.3) is 10.6 Å². The summed E-state index contributed by atoms with van der Waals surface area (Å²) in [5.74, 6) is -0.331. The first kappa shape index (κ1) is 10.4. The topological polar surface area (TPSA) is 30.0 Å². The van der Waals surface area contributed by atoms with Gasteiger partial charge < -0.3 is 0 Å². The maximum Gasteiger partial charge on any atom is 0.169 e. The SMILES string of the molecule is O=Cc1csc(-c2cc(F)cc(Br)c2)n1. The Balaban J connectivity index is 2.48. The molecule has 2 nitrogen and oxygen atoms in total. The van der Waals surface area contributed by atoms with Gasteiger partial charge in [0, 0.05) is 15.4 Å². The van der Waals surface area contributed by atoms with Gasteiger partial charge in [-0.25, -0.2) is 9.37 Å². The van der Waals surface area contributed by atoms with Gasteiger partial charge in [0.2, 0.25) is 0 Å². The Labute approximate surface area is 97.9 Å². The lowest BCUT2D eigenvalue weighted by molar-refractivity contribution is 0.111. The van der Waals surface area contributed by atoms with Crippen LogP contribution < -0.4 is 0 Å². The van der Waals surface area contributed by atoms with Gasteiger partial charge in [-0.1, -0.05) is 15.9 Å². The average Bonchev–Trinajstić information content (AvgIpc) is 2.64. The summed E-state index contributed by atoms with van der Waals surface area (Å²) in [5, 5.41) is 2.28. The number of thiazole rings is 1. The van der Waals surface area contributed by atoms with E-state index >= 15 is 0 Å². The number of rotatable bonds is 2. The van der Waals surface area contributed by atoms with Crippen LogP contribution >= 0.6 is 27.3 Å². The summed E-state index contributed by atoms with van der Waals surface area (Å²) >= 11 is 4.52. The Morgan fingerprint density at radius 2 is 2.20 bits per heavy atom. The fourth-order valence-electron chi connectivity index (χ4n) is 1.15. The van der Waals surface area contributed by atoms with Gasteiger partial charge in [0.25, 0.3) is 0 Å². The maximum absolute atomic E-state index is 13.1. The third kappa shape index (κ3) is 2.30. The number of carbonyl (C=O) groups excluding carboxylic acids is 1. The third-order valence-corrected chi connectivity index (χ3v) is 3.12. The molecule has 0 N–H and O–H groups in total. The zero-order chi connectivity index (χ0) is 10.8. The van der Waals surface area contributed by atoms with Crippen LogP contribution in [0.4, 0.5) is 4.39 Å². The Hall–Kier alpha value is -1.07. The van der Waals surface area contributed by atoms with Crippen LogP contribution in [0.3, 0.4) is 0 Å². The van der Waals surface area contributed by atoms with Crippen molar-refractivity contribution in [3.05, 3.63) is 39.6 Å². The van der Waals surface area contributed by atoms with Crippen molar-refractivity contribution in [2.45, 2.75) is 0 Å². The molecule has 0 aliphatic rings. The van der Waals surface area contributed by atoms with E-state index in [4.69, 9.17) is 0 Å². The molecule has 76 valence electrons. The molecule has 0 spiro atoms. The molecule has 0 aliphatic carbocycles. The zero-order valence-electron chi connectivity index (χ0n) is 7.41. The van der Waals surface area contributed by atoms with Crippen LogP contribution in [0.1, 0.15) is 10.5 Å². The summed E-state index contributed by atoms with van der Waals surface area (Å²) in [5.41, 5.74) is 1.04. The summed E-state index contributed by atoms with van der Waals surface area (Å²) in [4.78, 5) is 14.5. The predicted molar refractivity (Wildman–Crippen MR) is 60.6 cm³/mol. The summed E-state index contributed by atoms with van der Waals surface area (Å²) < 4.78 is 13.7. The van der Waals surface area contributed by atoms with Crippen molar-refractivity contribution in [2.24, 2.45) is 0 Å². The summed E-state index contributed by atoms with van der Waals surface area (Å²) in [6.45, 7) is 0. The molecule has 2 rings (SSSR count). The number of aromatic nitrogens is 1. The molecule has 1 aromatic carbocycles. The second-order valence-electron chi connectivity index (χ2n) is 2.85. The molecule has 0 saturated heterocycles. The fourth-order valence-corrected chi connectivity index (χ4v) is 2.37. The van der Waals surface area contributed by atoms with Crippen molar-refractivity contribution in [3.8, 4) is 10.6 Å². The average molecular weight is 286 g/mol. The molecule has 0 fully saturated rings. The van der Waals surface area contributed by atoms with Gasteiger partial charge in [-0.3, -0.25) is 4.79 Å². The lowest BCUT2D eigenvalue weighted by atomic mass is 10.2. The third-order valence-electron chi connectivity index (χ3n) is 1.75. The quantitative estimate of drug-likeness (QED) is 0.790. The second-order valence-corrected chi connectivity index (χ2v) is 4.63. The van der Waals surface area contributed by atoms with Crippen molar-refractivity contribution < 1.29 is 9.18 Å². The van der Waals surface area contributed by atoms with Crippen molar-refractivity contribution in [1.82, 2.24) is 4.98 Å². The monoisotopic (exact) mass is 285 g/mol. The van der Waals surface area contributed by atoms with E-state index in [1.807, 2.05) is 0 Å². The Kier molecular flexibility index (Phi) is 2.93. The fraction of sp³-hybridized carbons (Fsp3) is 0. The van der Waals surface area contributed by atoms with Gasteiger partial charge in [0.1, 0.15) is 16.5 Å². The second kappa shape index (κ2) is 4.20. The minimum Gasteiger partial charge on any atom is -0.296 e. The molecule has 0 radical (unpaired) electrons. The highest BCUT2D eigenvalue weighted by molar-refractivity contribution is 9.10. The highest BCUT2D eigenvalue weighted by atomic mass is 79.9. The lowest BCUT2D eigenvalue weighted by Gasteiger charge is -1.97. The number of carbonyl (C=O) groups is 1. The van der Waals surface area contributed by atoms with E-state index in [-0.39, 0.29) is 5.82 Å². The Morgan fingerprint density at radius 1 is 1.40 bits per heavy atom. The summed E-state index contributed by atoms with van der Waals surface area (Å²) in [6.07, 6.45) is 0.675. The van der Waals surface area contributed by atoms with Crippen LogP contribution in [-0.2, 0) is 0 Å². The number of hydrogen-bond acceptors (Lipinski definition) is 3. The zero-order valence-corrected chi connectivity index (χ0v) is 9.81. The number of benzene rings is 1. The molecule has 0 aliphatic heterocycles. The molecular weight excluding hydrogens is 281 g/mol. The van der Waals surface area contributed by atoms with Crippen molar-refractivity contribution in [2.75, 3.05) is 0 Å². The minimum absolute atomic E-state index is 0.331. The molecule has 0 amide bonds. The van der Waals surface area contributed by atoms with E-state index in [9.17, 15) is 9.18 Å². The van der Waals surface area contributed by atoms with E-state index in [0.717, 1.165) is 0 Å². The van der Waals surface area contributed by atoms with Crippen LogP contribution in [0.2, 0.25) is 0 Å². The van der Waals surface area contributed by atoms with Crippen LogP contribution in [0.15, 0.2) is 28.1 Å². The molecule has 1 heterocycles. The van der Waals surface area contributed by atoms with E-state index in [1.165, 1.54) is 23.5 Å². The Morgan fingerprint density at radius 3 is 2.80 bits per heavy atom. The lowest BCUT2D eigenvalue weighted by Crippen LogP contribution is -1.82. The van der Waals surface area contributed by atoms with Gasteiger partial charge in [-0.15, -0.1) is 11.3 Å². The molecule has 2 aromatic rings. The normalized spacial score (nSPS) is 10.3. The first-order chi connectivity index (χ1) is 7.19. The van der Waals surface area contributed by atoms with Gasteiger partial charge >= 0.3 is 0 Å². The number of halogens is 2. The summed E-state index contributed by atoms with van der Waals surface area (Å²) in [7, 11) is 0. The van der Waals surface area contributed by atoms with Gasteiger partial charge in [-0.2, -0.15) is 0 Å². The van der Waals surface area contributed by atoms with E-state index in [1.54, 1.807) is 11.4 Å². The molecule has 0 unspecified atom stereocenters. The number of nitrogens with zero attached hydrogens (tertiary/aromatic N) is 1. The first-order valence-electron chi connectivity index (χ1n) is 4.06. The highest BCUT2D eigenvalue weighted by Gasteiger charge is 2.06. The van der Waals surface area contributed by atoms with Crippen molar-refractivity contribution in [1.29, 1.82) is 0 Å². The van der Waals surface area contributed by atoms with Crippen molar-refractivity contribution >= 4 is 33.6 Å². The standard InChI is InChI=1S/C10H5BrFNOS/c11-7-1-6(2-8(12)3-7)10-13-9(4-14)5-15-10/h1-5H. The number of hydrogen-bond donors (Lipinski definition) is 0. The largest absolute Gasteiger partial charge is 0.296 e. The van der Waals surface area contributed by atoms with E-state index in [0.29, 0.717) is 27.0 Å². The van der Waals surface area contributed by atoms with Crippen LogP contribution in [-0.4, -0.2) is 11.3 Å². The van der Waals surface area contributed by atoms with Gasteiger partial charge in [0.15, 0.2) is 6.29 Å². The molecule has 15 heavy (non-hydrogen) atoms. The molecule has 0 bridgehead atoms. The molecule has 0 atom stereocenters. The smallest absolute Gasteiger partial charge is 0.169 e. The molecule has 1 aromatic heterocycles. The van der Waals surface area contributed by atoms with Gasteiger partial charge in [0.05, 0.1) is 0 Å². The molecular formula is C10H5BrFNOS. The van der Waals surface area contributed by atoms with Crippen LogP contribution in [0, 0.1) is 5.82 Å². The summed E-state index contributed by atoms with van der Waals surface area (Å²) in [6, 6.07) is 4.52.